The molecule has 74 valence electrons. The van der Waals surface area contributed by atoms with Crippen LogP contribution in [-0.4, -0.2) is 12.6 Å². The molecule has 0 amide bonds. The van der Waals surface area contributed by atoms with Crippen molar-refractivity contribution in [3.05, 3.63) is 33.8 Å². The highest BCUT2D eigenvalue weighted by atomic mass is 35.5. The van der Waals surface area contributed by atoms with Gasteiger partial charge in [0.05, 0.1) is 10.0 Å². The number of nitrogens with zero attached hydrogens (tertiary/aromatic N) is 1. The first-order valence-corrected chi connectivity index (χ1v) is 4.84. The molecule has 0 radical (unpaired) electrons. The maximum atomic E-state index is 6.02. The third-order valence-electron chi connectivity index (χ3n) is 2.01. The molecule has 1 aliphatic rings. The zero-order chi connectivity index (χ0) is 10.1. The summed E-state index contributed by atoms with van der Waals surface area (Å²) in [6.07, 6.45) is 0. The molecule has 0 unspecified atom stereocenters. The van der Waals surface area contributed by atoms with E-state index in [0.717, 1.165) is 5.56 Å². The van der Waals surface area contributed by atoms with Crippen LogP contribution in [0.15, 0.2) is 23.2 Å². The minimum atomic E-state index is -0.138. The molecule has 3 nitrogen and oxygen atoms in total. The van der Waals surface area contributed by atoms with Crippen molar-refractivity contribution in [2.24, 2.45) is 10.7 Å². The zero-order valence-corrected chi connectivity index (χ0v) is 8.72. The second kappa shape index (κ2) is 3.67. The third kappa shape index (κ3) is 1.65. The summed E-state index contributed by atoms with van der Waals surface area (Å²) in [5, 5.41) is 1.03. The fourth-order valence-electron chi connectivity index (χ4n) is 1.33. The Labute approximate surface area is 91.5 Å². The smallest absolute Gasteiger partial charge is 0.282 e. The van der Waals surface area contributed by atoms with Gasteiger partial charge in [0.15, 0.2) is 0 Å². The molecule has 1 heterocycles. The molecule has 1 aromatic rings. The Morgan fingerprint density at radius 1 is 1.43 bits per heavy atom. The number of hydrogen-bond acceptors (Lipinski definition) is 3. The van der Waals surface area contributed by atoms with E-state index in [1.165, 1.54) is 0 Å². The average molecular weight is 231 g/mol. The first-order valence-electron chi connectivity index (χ1n) is 4.08. The van der Waals surface area contributed by atoms with Crippen LogP contribution in [0.5, 0.6) is 0 Å². The van der Waals surface area contributed by atoms with Crippen molar-refractivity contribution in [3.8, 4) is 0 Å². The lowest BCUT2D eigenvalue weighted by molar-refractivity contribution is 0.315. The first kappa shape index (κ1) is 9.62. The Balaban J connectivity index is 2.37. The van der Waals surface area contributed by atoms with Crippen LogP contribution >= 0.6 is 23.2 Å². The summed E-state index contributed by atoms with van der Waals surface area (Å²) in [6, 6.07) is 5.49. The molecule has 1 atom stereocenters. The van der Waals surface area contributed by atoms with E-state index in [9.17, 15) is 0 Å². The van der Waals surface area contributed by atoms with E-state index in [1.807, 2.05) is 12.1 Å². The molecule has 2 N–H and O–H groups in total. The number of halogens is 2. The number of benzene rings is 1. The number of hydrogen-bond donors (Lipinski definition) is 1. The van der Waals surface area contributed by atoms with E-state index < -0.39 is 0 Å². The maximum Gasteiger partial charge on any atom is 0.282 e. The van der Waals surface area contributed by atoms with Crippen LogP contribution in [0.4, 0.5) is 0 Å². The number of amidine groups is 1. The SMILES string of the molecule is NC1=N[C@H](c2cccc(Cl)c2Cl)CO1. The van der Waals surface area contributed by atoms with Crippen molar-refractivity contribution < 1.29 is 4.74 Å². The van der Waals surface area contributed by atoms with E-state index in [2.05, 4.69) is 4.99 Å². The predicted octanol–water partition coefficient (Wildman–Crippen LogP) is 2.38. The van der Waals surface area contributed by atoms with Gasteiger partial charge in [-0.05, 0) is 6.07 Å². The van der Waals surface area contributed by atoms with E-state index in [0.29, 0.717) is 16.7 Å². The molecule has 0 fully saturated rings. The quantitative estimate of drug-likeness (QED) is 0.806. The van der Waals surface area contributed by atoms with E-state index in [-0.39, 0.29) is 12.1 Å². The summed E-state index contributed by atoms with van der Waals surface area (Å²) in [6.45, 7) is 0.423. The highest BCUT2D eigenvalue weighted by molar-refractivity contribution is 6.42. The number of aliphatic imine (C=N–C) groups is 1. The summed E-state index contributed by atoms with van der Waals surface area (Å²) in [4.78, 5) is 4.09. The van der Waals surface area contributed by atoms with Gasteiger partial charge in [0.1, 0.15) is 12.6 Å². The van der Waals surface area contributed by atoms with Crippen molar-refractivity contribution in [3.63, 3.8) is 0 Å². The van der Waals surface area contributed by atoms with Crippen LogP contribution in [0.1, 0.15) is 11.6 Å². The lowest BCUT2D eigenvalue weighted by atomic mass is 10.1. The van der Waals surface area contributed by atoms with E-state index >= 15 is 0 Å². The zero-order valence-electron chi connectivity index (χ0n) is 7.21. The number of ether oxygens (including phenoxy) is 1. The molecule has 0 saturated carbocycles. The summed E-state index contributed by atoms with van der Waals surface area (Å²) in [7, 11) is 0. The molecule has 2 rings (SSSR count). The molecule has 14 heavy (non-hydrogen) atoms. The molecule has 0 bridgehead atoms. The molecule has 1 aromatic carbocycles. The summed E-state index contributed by atoms with van der Waals surface area (Å²) < 4.78 is 5.04. The molecule has 0 saturated heterocycles. The first-order chi connectivity index (χ1) is 6.68. The fraction of sp³-hybridized carbons (Fsp3) is 0.222. The minimum Gasteiger partial charge on any atom is -0.463 e. The standard InChI is InChI=1S/C9H8Cl2N2O/c10-6-3-1-2-5(8(6)11)7-4-14-9(12)13-7/h1-3,7H,4H2,(H2,12,13)/t7-/m0/s1. The Kier molecular flexibility index (Phi) is 2.52. The Morgan fingerprint density at radius 2 is 2.21 bits per heavy atom. The molecular weight excluding hydrogens is 223 g/mol. The third-order valence-corrected chi connectivity index (χ3v) is 2.85. The maximum absolute atomic E-state index is 6.02. The second-order valence-corrected chi connectivity index (χ2v) is 3.72. The highest BCUT2D eigenvalue weighted by Crippen LogP contribution is 2.33. The van der Waals surface area contributed by atoms with Crippen LogP contribution in [0.2, 0.25) is 10.0 Å². The lowest BCUT2D eigenvalue weighted by Crippen LogP contribution is -2.10. The molecule has 0 spiro atoms. The van der Waals surface area contributed by atoms with Gasteiger partial charge in [-0.25, -0.2) is 4.99 Å². The Hall–Kier alpha value is -0.930. The molecule has 0 aliphatic carbocycles. The van der Waals surface area contributed by atoms with Gasteiger partial charge in [-0.3, -0.25) is 0 Å². The molecule has 5 heteroatoms. The van der Waals surface area contributed by atoms with Gasteiger partial charge in [-0.2, -0.15) is 0 Å². The van der Waals surface area contributed by atoms with Gasteiger partial charge >= 0.3 is 0 Å². The fourth-order valence-corrected chi connectivity index (χ4v) is 1.76. The topological polar surface area (TPSA) is 47.6 Å². The van der Waals surface area contributed by atoms with Gasteiger partial charge in [0, 0.05) is 5.56 Å². The number of nitrogens with two attached hydrogens (primary N) is 1. The van der Waals surface area contributed by atoms with E-state index in [4.69, 9.17) is 33.7 Å². The van der Waals surface area contributed by atoms with Gasteiger partial charge in [-0.15, -0.1) is 0 Å². The van der Waals surface area contributed by atoms with Crippen LogP contribution in [0.25, 0.3) is 0 Å². The van der Waals surface area contributed by atoms with E-state index in [1.54, 1.807) is 6.07 Å². The molecular formula is C9H8Cl2N2O. The van der Waals surface area contributed by atoms with Crippen molar-refractivity contribution in [2.75, 3.05) is 6.61 Å². The highest BCUT2D eigenvalue weighted by Gasteiger charge is 2.21. The normalized spacial score (nSPS) is 20.4. The van der Waals surface area contributed by atoms with Crippen LogP contribution < -0.4 is 5.73 Å². The summed E-state index contributed by atoms with van der Waals surface area (Å²) in [5.74, 6) is 0. The van der Waals surface area contributed by atoms with Crippen LogP contribution in [0, 0.1) is 0 Å². The van der Waals surface area contributed by atoms with Gasteiger partial charge in [0.2, 0.25) is 0 Å². The Bertz CT molecular complexity index is 392. The minimum absolute atomic E-state index is 0.138. The van der Waals surface area contributed by atoms with Crippen LogP contribution in [0.3, 0.4) is 0 Å². The van der Waals surface area contributed by atoms with Crippen molar-refractivity contribution >= 4 is 29.2 Å². The molecule has 0 aromatic heterocycles. The lowest BCUT2D eigenvalue weighted by Gasteiger charge is -2.08. The Morgan fingerprint density at radius 3 is 2.86 bits per heavy atom. The van der Waals surface area contributed by atoms with Gasteiger partial charge in [0.25, 0.3) is 6.02 Å². The van der Waals surface area contributed by atoms with Crippen molar-refractivity contribution in [1.29, 1.82) is 0 Å². The largest absolute Gasteiger partial charge is 0.463 e. The van der Waals surface area contributed by atoms with Gasteiger partial charge in [-0.1, -0.05) is 35.3 Å². The predicted molar refractivity (Wildman–Crippen MR) is 56.8 cm³/mol. The van der Waals surface area contributed by atoms with Crippen molar-refractivity contribution in [1.82, 2.24) is 0 Å². The molecule has 1 aliphatic heterocycles. The average Bonchev–Trinajstić information content (AvgIpc) is 2.57. The summed E-state index contributed by atoms with van der Waals surface area (Å²) in [5.41, 5.74) is 6.25. The second-order valence-electron chi connectivity index (χ2n) is 2.94. The number of rotatable bonds is 1. The summed E-state index contributed by atoms with van der Waals surface area (Å²) >= 11 is 11.9. The van der Waals surface area contributed by atoms with Gasteiger partial charge < -0.3 is 10.5 Å². The van der Waals surface area contributed by atoms with Crippen molar-refractivity contribution in [2.45, 2.75) is 6.04 Å². The van der Waals surface area contributed by atoms with Crippen LogP contribution in [-0.2, 0) is 4.74 Å². The monoisotopic (exact) mass is 230 g/mol.